The average molecular weight is 391 g/mol. The van der Waals surface area contributed by atoms with Crippen molar-refractivity contribution >= 4 is 31.9 Å². The van der Waals surface area contributed by atoms with Crippen LogP contribution in [0.1, 0.15) is 17.9 Å². The summed E-state index contributed by atoms with van der Waals surface area (Å²) in [6, 6.07) is 9.55. The van der Waals surface area contributed by atoms with Gasteiger partial charge in [-0.3, -0.25) is 10.1 Å². The molecular formula is C13H13Br2NO3. The molecule has 0 heterocycles. The van der Waals surface area contributed by atoms with E-state index in [1.54, 1.807) is 0 Å². The molecule has 0 radical (unpaired) electrons. The molecule has 2 aliphatic carbocycles. The fraction of sp³-hybridized carbons (Fsp3) is 0.538. The number of alkyl halides is 2. The first kappa shape index (κ1) is 13.5. The van der Waals surface area contributed by atoms with Crippen LogP contribution in [0.25, 0.3) is 0 Å². The third-order valence-electron chi connectivity index (χ3n) is 4.50. The number of benzene rings is 1. The Balaban J connectivity index is 2.09. The number of fused-ring (bicyclic) bond motifs is 2. The SMILES string of the molecule is O=[N+]([O-])[C@@]1(Br)[C@H](c2ccccc2)[C@@H]2C[C@H]1[C@H](O)[C@H]2Br. The summed E-state index contributed by atoms with van der Waals surface area (Å²) in [5.41, 5.74) is 0.958. The van der Waals surface area contributed by atoms with E-state index in [0.717, 1.165) is 5.56 Å². The Labute approximate surface area is 127 Å². The van der Waals surface area contributed by atoms with Gasteiger partial charge in [-0.05, 0) is 17.9 Å². The third-order valence-corrected chi connectivity index (χ3v) is 7.09. The zero-order valence-electron chi connectivity index (χ0n) is 9.95. The highest BCUT2D eigenvalue weighted by molar-refractivity contribution is 9.10. The number of rotatable bonds is 2. The standard InChI is InChI=1S/C13H13Br2NO3/c14-11-8-6-9(12(11)17)13(15,16(18)19)10(8)7-4-2-1-3-5-7/h1-5,8-12,17H,6H2/t8-,9-,10+,11-,12-,13+/m0/s1. The number of aliphatic hydroxyl groups is 1. The van der Waals surface area contributed by atoms with Crippen LogP contribution < -0.4 is 0 Å². The van der Waals surface area contributed by atoms with Crippen LogP contribution in [0.2, 0.25) is 0 Å². The summed E-state index contributed by atoms with van der Waals surface area (Å²) in [5.74, 6) is -0.504. The van der Waals surface area contributed by atoms with E-state index in [2.05, 4.69) is 31.9 Å². The van der Waals surface area contributed by atoms with Crippen molar-refractivity contribution in [1.29, 1.82) is 0 Å². The average Bonchev–Trinajstić information content (AvgIpc) is 2.86. The van der Waals surface area contributed by atoms with Gasteiger partial charge in [0.25, 0.3) is 4.45 Å². The molecule has 0 spiro atoms. The molecule has 1 aromatic rings. The second kappa shape index (κ2) is 4.53. The van der Waals surface area contributed by atoms with Crippen molar-refractivity contribution in [3.05, 3.63) is 46.0 Å². The Morgan fingerprint density at radius 2 is 2.00 bits per heavy atom. The van der Waals surface area contributed by atoms with Crippen molar-refractivity contribution in [3.8, 4) is 0 Å². The van der Waals surface area contributed by atoms with Gasteiger partial charge in [-0.25, -0.2) is 0 Å². The molecule has 0 aliphatic heterocycles. The van der Waals surface area contributed by atoms with Crippen molar-refractivity contribution in [2.75, 3.05) is 0 Å². The molecule has 2 fully saturated rings. The summed E-state index contributed by atoms with van der Waals surface area (Å²) in [6.07, 6.45) is -0.00202. The lowest BCUT2D eigenvalue weighted by Crippen LogP contribution is -2.51. The van der Waals surface area contributed by atoms with Crippen LogP contribution in [-0.2, 0) is 0 Å². The van der Waals surface area contributed by atoms with E-state index in [4.69, 9.17) is 0 Å². The molecule has 0 unspecified atom stereocenters. The molecule has 2 bridgehead atoms. The van der Waals surface area contributed by atoms with Crippen LogP contribution in [0.3, 0.4) is 0 Å². The van der Waals surface area contributed by atoms with Crippen LogP contribution in [0.15, 0.2) is 30.3 Å². The zero-order chi connectivity index (χ0) is 13.8. The molecule has 0 aromatic heterocycles. The number of nitrogens with zero attached hydrogens (tertiary/aromatic N) is 1. The van der Waals surface area contributed by atoms with Gasteiger partial charge in [0.15, 0.2) is 0 Å². The number of nitro groups is 1. The Morgan fingerprint density at radius 1 is 1.37 bits per heavy atom. The van der Waals surface area contributed by atoms with Crippen LogP contribution in [-0.4, -0.2) is 25.4 Å². The normalized spacial score (nSPS) is 44.5. The van der Waals surface area contributed by atoms with Crippen molar-refractivity contribution in [2.24, 2.45) is 11.8 Å². The monoisotopic (exact) mass is 389 g/mol. The highest BCUT2D eigenvalue weighted by Gasteiger charge is 2.71. The molecule has 0 amide bonds. The molecule has 2 saturated carbocycles. The molecule has 1 aromatic carbocycles. The summed E-state index contributed by atoms with van der Waals surface area (Å²) >= 11 is 6.86. The first-order valence-electron chi connectivity index (χ1n) is 6.18. The Hall–Kier alpha value is -0.460. The number of aliphatic hydroxyl groups excluding tert-OH is 1. The maximum absolute atomic E-state index is 11.6. The van der Waals surface area contributed by atoms with Gasteiger partial charge in [-0.15, -0.1) is 0 Å². The quantitative estimate of drug-likeness (QED) is 0.365. The van der Waals surface area contributed by atoms with E-state index in [1.807, 2.05) is 30.3 Å². The topological polar surface area (TPSA) is 63.4 Å². The first-order chi connectivity index (χ1) is 8.98. The van der Waals surface area contributed by atoms with Crippen LogP contribution >= 0.6 is 31.9 Å². The fourth-order valence-electron chi connectivity index (χ4n) is 3.68. The predicted octanol–water partition coefficient (Wildman–Crippen LogP) is 2.91. The number of hydrogen-bond acceptors (Lipinski definition) is 3. The maximum atomic E-state index is 11.6. The van der Waals surface area contributed by atoms with Gasteiger partial charge in [0.1, 0.15) is 0 Å². The van der Waals surface area contributed by atoms with E-state index in [1.165, 1.54) is 0 Å². The van der Waals surface area contributed by atoms with Gasteiger partial charge in [0.2, 0.25) is 0 Å². The Morgan fingerprint density at radius 3 is 2.58 bits per heavy atom. The first-order valence-corrected chi connectivity index (χ1v) is 7.89. The zero-order valence-corrected chi connectivity index (χ0v) is 13.1. The van der Waals surface area contributed by atoms with Gasteiger partial charge < -0.3 is 5.11 Å². The maximum Gasteiger partial charge on any atom is 0.286 e. The summed E-state index contributed by atoms with van der Waals surface area (Å²) < 4.78 is -1.26. The van der Waals surface area contributed by atoms with Gasteiger partial charge in [-0.2, -0.15) is 0 Å². The van der Waals surface area contributed by atoms with Gasteiger partial charge >= 0.3 is 0 Å². The summed E-state index contributed by atoms with van der Waals surface area (Å²) in [7, 11) is 0. The lowest BCUT2D eigenvalue weighted by Gasteiger charge is -2.37. The van der Waals surface area contributed by atoms with Gasteiger partial charge in [0.05, 0.1) is 17.9 Å². The van der Waals surface area contributed by atoms with Gasteiger partial charge in [-0.1, -0.05) is 46.3 Å². The Bertz CT molecular complexity index is 512. The van der Waals surface area contributed by atoms with E-state index in [-0.39, 0.29) is 27.5 Å². The van der Waals surface area contributed by atoms with E-state index in [0.29, 0.717) is 6.42 Å². The highest BCUT2D eigenvalue weighted by Crippen LogP contribution is 2.64. The minimum atomic E-state index is -1.26. The summed E-state index contributed by atoms with van der Waals surface area (Å²) in [4.78, 5) is 11.2. The highest BCUT2D eigenvalue weighted by atomic mass is 79.9. The molecule has 2 aliphatic rings. The predicted molar refractivity (Wildman–Crippen MR) is 78.2 cm³/mol. The van der Waals surface area contributed by atoms with Crippen molar-refractivity contribution in [1.82, 2.24) is 0 Å². The van der Waals surface area contributed by atoms with Crippen LogP contribution in [0, 0.1) is 22.0 Å². The van der Waals surface area contributed by atoms with Crippen molar-refractivity contribution in [2.45, 2.75) is 27.7 Å². The minimum Gasteiger partial charge on any atom is -0.391 e. The molecular weight excluding hydrogens is 378 g/mol. The summed E-state index contributed by atoms with van der Waals surface area (Å²) in [6.45, 7) is 0. The summed E-state index contributed by atoms with van der Waals surface area (Å²) in [5, 5.41) is 21.7. The smallest absolute Gasteiger partial charge is 0.286 e. The molecule has 6 atom stereocenters. The van der Waals surface area contributed by atoms with Gasteiger partial charge in [0, 0.05) is 25.7 Å². The molecule has 0 saturated heterocycles. The van der Waals surface area contributed by atoms with E-state index in [9.17, 15) is 15.2 Å². The van der Waals surface area contributed by atoms with E-state index >= 15 is 0 Å². The molecule has 3 rings (SSSR count). The molecule has 102 valence electrons. The number of hydrogen-bond donors (Lipinski definition) is 1. The lowest BCUT2D eigenvalue weighted by molar-refractivity contribution is -0.550. The molecule has 6 heteroatoms. The second-order valence-electron chi connectivity index (χ2n) is 5.31. The minimum absolute atomic E-state index is 0.0756. The van der Waals surface area contributed by atoms with Crippen molar-refractivity contribution in [3.63, 3.8) is 0 Å². The lowest BCUT2D eigenvalue weighted by atomic mass is 9.78. The van der Waals surface area contributed by atoms with Crippen LogP contribution in [0.5, 0.6) is 0 Å². The molecule has 19 heavy (non-hydrogen) atoms. The van der Waals surface area contributed by atoms with Crippen molar-refractivity contribution < 1.29 is 10.0 Å². The molecule has 1 N–H and O–H groups in total. The third kappa shape index (κ3) is 1.73. The van der Waals surface area contributed by atoms with E-state index < -0.39 is 10.6 Å². The molecule has 4 nitrogen and oxygen atoms in total. The second-order valence-corrected chi connectivity index (χ2v) is 7.64. The Kier molecular flexibility index (Phi) is 3.22. The fourth-order valence-corrected chi connectivity index (χ4v) is 5.63. The van der Waals surface area contributed by atoms with Crippen LogP contribution in [0.4, 0.5) is 0 Å². The number of halogens is 2. The largest absolute Gasteiger partial charge is 0.391 e.